The summed E-state index contributed by atoms with van der Waals surface area (Å²) in [6.45, 7) is 1.97. The molecule has 2 N–H and O–H groups in total. The Labute approximate surface area is 213 Å². The molecule has 0 aromatic carbocycles. The van der Waals surface area contributed by atoms with Gasteiger partial charge < -0.3 is 10.6 Å². The van der Waals surface area contributed by atoms with Crippen molar-refractivity contribution in [2.75, 3.05) is 0 Å². The molecule has 9 nitrogen and oxygen atoms in total. The van der Waals surface area contributed by atoms with Crippen LogP contribution in [0, 0.1) is 11.8 Å². The number of rotatable bonds is 9. The Morgan fingerprint density at radius 1 is 1.08 bits per heavy atom. The van der Waals surface area contributed by atoms with Crippen LogP contribution in [0.2, 0.25) is 0 Å². The van der Waals surface area contributed by atoms with E-state index in [-0.39, 0.29) is 49.5 Å². The number of fused-ring (bicyclic) bond motifs is 1. The van der Waals surface area contributed by atoms with Gasteiger partial charge in [-0.15, -0.1) is 0 Å². The largest absolute Gasteiger partial charge is 0.349 e. The minimum atomic E-state index is -2.69. The molecule has 2 saturated carbocycles. The van der Waals surface area contributed by atoms with E-state index in [2.05, 4.69) is 25.9 Å². The van der Waals surface area contributed by atoms with Crippen molar-refractivity contribution in [1.82, 2.24) is 35.4 Å². The third-order valence-corrected chi connectivity index (χ3v) is 7.29. The van der Waals surface area contributed by atoms with E-state index in [1.54, 1.807) is 23.0 Å². The van der Waals surface area contributed by atoms with Gasteiger partial charge in [0.05, 0.1) is 48.1 Å². The number of hydrogen-bond acceptors (Lipinski definition) is 6. The highest BCUT2D eigenvalue weighted by Crippen LogP contribution is 2.42. The number of carbonyl (C=O) groups excluding carboxylic acids is 2. The molecule has 3 aromatic rings. The second kappa shape index (κ2) is 10.5. The molecule has 0 bridgehead atoms. The lowest BCUT2D eigenvalue weighted by molar-refractivity contribution is -0.122. The summed E-state index contributed by atoms with van der Waals surface area (Å²) in [5.74, 6) is -2.85. The van der Waals surface area contributed by atoms with Crippen molar-refractivity contribution in [3.05, 3.63) is 53.7 Å². The Hall–Kier alpha value is -3.50. The fourth-order valence-electron chi connectivity index (χ4n) is 5.08. The first-order chi connectivity index (χ1) is 17.8. The number of imidazole rings is 1. The highest BCUT2D eigenvalue weighted by Gasteiger charge is 2.39. The third kappa shape index (κ3) is 5.91. The van der Waals surface area contributed by atoms with Gasteiger partial charge in [0, 0.05) is 19.3 Å². The molecule has 3 aromatic heterocycles. The first-order valence-corrected chi connectivity index (χ1v) is 12.9. The Morgan fingerprint density at radius 3 is 2.51 bits per heavy atom. The summed E-state index contributed by atoms with van der Waals surface area (Å²) < 4.78 is 29.4. The van der Waals surface area contributed by atoms with Crippen LogP contribution in [0.5, 0.6) is 0 Å². The van der Waals surface area contributed by atoms with Crippen molar-refractivity contribution in [2.45, 2.75) is 76.3 Å². The summed E-state index contributed by atoms with van der Waals surface area (Å²) in [6.07, 6.45) is 9.71. The summed E-state index contributed by atoms with van der Waals surface area (Å²) in [5.41, 5.74) is 2.36. The maximum absolute atomic E-state index is 13.9. The van der Waals surface area contributed by atoms with Crippen molar-refractivity contribution in [1.29, 1.82) is 0 Å². The molecule has 2 fully saturated rings. The van der Waals surface area contributed by atoms with Crippen LogP contribution in [0.15, 0.2) is 36.9 Å². The lowest BCUT2D eigenvalue weighted by Crippen LogP contribution is -2.37. The minimum absolute atomic E-state index is 0.0192. The number of carbonyl (C=O) groups is 2. The van der Waals surface area contributed by atoms with Crippen LogP contribution < -0.4 is 10.6 Å². The van der Waals surface area contributed by atoms with Crippen LogP contribution in [-0.2, 0) is 4.79 Å². The number of amides is 2. The molecular weight excluding hydrogens is 480 g/mol. The van der Waals surface area contributed by atoms with Gasteiger partial charge in [-0.2, -0.15) is 15.3 Å². The van der Waals surface area contributed by atoms with Crippen LogP contribution in [0.4, 0.5) is 8.78 Å². The van der Waals surface area contributed by atoms with Crippen LogP contribution in [0.1, 0.15) is 92.0 Å². The molecule has 0 aliphatic heterocycles. The second-order valence-electron chi connectivity index (χ2n) is 10.2. The molecule has 37 heavy (non-hydrogen) atoms. The zero-order valence-electron chi connectivity index (χ0n) is 20.7. The molecule has 11 heteroatoms. The van der Waals surface area contributed by atoms with Crippen LogP contribution in [0.3, 0.4) is 0 Å². The highest BCUT2D eigenvalue weighted by molar-refractivity contribution is 5.94. The number of halogens is 2. The van der Waals surface area contributed by atoms with E-state index in [4.69, 9.17) is 4.98 Å². The summed E-state index contributed by atoms with van der Waals surface area (Å²) in [7, 11) is 0. The topological polar surface area (TPSA) is 114 Å². The second-order valence-corrected chi connectivity index (χ2v) is 10.2. The molecule has 0 radical (unpaired) electrons. The normalized spacial score (nSPS) is 19.3. The summed E-state index contributed by atoms with van der Waals surface area (Å²) in [5, 5.41) is 18.1. The van der Waals surface area contributed by atoms with Gasteiger partial charge >= 0.3 is 0 Å². The monoisotopic (exact) mass is 511 g/mol. The Bertz CT molecular complexity index is 1250. The maximum atomic E-state index is 13.9. The van der Waals surface area contributed by atoms with Crippen molar-refractivity contribution in [2.24, 2.45) is 11.8 Å². The van der Waals surface area contributed by atoms with Crippen LogP contribution in [0.25, 0.3) is 5.65 Å². The average Bonchev–Trinajstić information content (AvgIpc) is 3.64. The van der Waals surface area contributed by atoms with Gasteiger partial charge in [-0.25, -0.2) is 18.3 Å². The average molecular weight is 512 g/mol. The van der Waals surface area contributed by atoms with Gasteiger partial charge in [0.1, 0.15) is 0 Å². The smallest absolute Gasteiger partial charge is 0.253 e. The molecule has 2 aliphatic carbocycles. The SMILES string of the molecule is CCCC(=O)N[C@@H](c1cnn2cc([C@@H](NC(=O)c3ccnnc3)C3CCC(F)(F)CC3)nc2c1)C1CC1. The fourth-order valence-corrected chi connectivity index (χ4v) is 5.08. The zero-order valence-corrected chi connectivity index (χ0v) is 20.7. The van der Waals surface area contributed by atoms with Crippen LogP contribution in [-0.4, -0.2) is 42.5 Å². The Morgan fingerprint density at radius 2 is 1.84 bits per heavy atom. The minimum Gasteiger partial charge on any atom is -0.349 e. The van der Waals surface area contributed by atoms with Gasteiger partial charge in [-0.3, -0.25) is 9.59 Å². The van der Waals surface area contributed by atoms with Gasteiger partial charge in [0.2, 0.25) is 11.8 Å². The lowest BCUT2D eigenvalue weighted by Gasteiger charge is -2.33. The van der Waals surface area contributed by atoms with Crippen molar-refractivity contribution in [3.63, 3.8) is 0 Å². The van der Waals surface area contributed by atoms with E-state index >= 15 is 0 Å². The fraction of sp³-hybridized carbons (Fsp3) is 0.538. The molecular formula is C26H31F2N7O2. The lowest BCUT2D eigenvalue weighted by atomic mass is 9.81. The van der Waals surface area contributed by atoms with E-state index in [1.165, 1.54) is 12.4 Å². The first kappa shape index (κ1) is 25.2. The van der Waals surface area contributed by atoms with E-state index in [1.807, 2.05) is 13.0 Å². The number of hydrogen-bond donors (Lipinski definition) is 2. The van der Waals surface area contributed by atoms with Crippen molar-refractivity contribution in [3.8, 4) is 0 Å². The number of nitrogens with zero attached hydrogens (tertiary/aromatic N) is 5. The highest BCUT2D eigenvalue weighted by atomic mass is 19.3. The van der Waals surface area contributed by atoms with Gasteiger partial charge in [-0.1, -0.05) is 6.92 Å². The zero-order chi connectivity index (χ0) is 26.0. The predicted octanol–water partition coefficient (Wildman–Crippen LogP) is 4.18. The number of alkyl halides is 2. The standard InChI is InChI=1S/C26H31F2N7O2/c1-2-3-22(36)33-23(16-4-5-16)19-12-21-32-20(15-35(21)31-14-19)24(17-6-9-26(27,28)10-7-17)34-25(37)18-8-11-29-30-13-18/h8,11-17,23-24H,2-7,9-10H2,1H3,(H,33,36)(H,34,37)/t23-,24+/m1/s1. The molecule has 0 unspecified atom stereocenters. The molecule has 2 atom stereocenters. The first-order valence-electron chi connectivity index (χ1n) is 12.9. The van der Waals surface area contributed by atoms with Gasteiger partial charge in [0.25, 0.3) is 5.91 Å². The third-order valence-electron chi connectivity index (χ3n) is 7.29. The van der Waals surface area contributed by atoms with Gasteiger partial charge in [-0.05, 0) is 61.6 Å². The number of aromatic nitrogens is 5. The molecule has 5 rings (SSSR count). The summed E-state index contributed by atoms with van der Waals surface area (Å²) in [4.78, 5) is 30.0. The summed E-state index contributed by atoms with van der Waals surface area (Å²) >= 11 is 0. The summed E-state index contributed by atoms with van der Waals surface area (Å²) in [6, 6.07) is 2.78. The Balaban J connectivity index is 1.43. The van der Waals surface area contributed by atoms with E-state index in [0.29, 0.717) is 29.2 Å². The van der Waals surface area contributed by atoms with E-state index in [0.717, 1.165) is 24.8 Å². The van der Waals surface area contributed by atoms with Crippen molar-refractivity contribution < 1.29 is 18.4 Å². The van der Waals surface area contributed by atoms with Crippen molar-refractivity contribution >= 4 is 17.5 Å². The van der Waals surface area contributed by atoms with E-state index < -0.39 is 12.0 Å². The van der Waals surface area contributed by atoms with Gasteiger partial charge in [0.15, 0.2) is 5.65 Å². The molecule has 3 heterocycles. The maximum Gasteiger partial charge on any atom is 0.253 e. The van der Waals surface area contributed by atoms with Crippen LogP contribution >= 0.6 is 0 Å². The quantitative estimate of drug-likeness (QED) is 0.445. The Kier molecular flexibility index (Phi) is 7.12. The van der Waals surface area contributed by atoms with E-state index in [9.17, 15) is 18.4 Å². The molecule has 0 saturated heterocycles. The molecule has 2 aliphatic rings. The molecule has 2 amide bonds. The molecule has 196 valence electrons. The predicted molar refractivity (Wildman–Crippen MR) is 131 cm³/mol. The molecule has 0 spiro atoms. The number of nitrogens with one attached hydrogen (secondary N) is 2.